The maximum Gasteiger partial charge on any atom is 0.255 e. The fraction of sp³-hybridized carbons (Fsp3) is 0.238. The number of aromatic nitrogens is 2. The minimum Gasteiger partial charge on any atom is -0.348 e. The summed E-state index contributed by atoms with van der Waals surface area (Å²) >= 11 is 0. The fourth-order valence-electron chi connectivity index (χ4n) is 3.15. The fourth-order valence-corrected chi connectivity index (χ4v) is 4.27. The van der Waals surface area contributed by atoms with Crippen molar-refractivity contribution in [3.8, 4) is 5.69 Å². The molecule has 0 atom stereocenters. The van der Waals surface area contributed by atoms with Gasteiger partial charge in [0.1, 0.15) is 0 Å². The van der Waals surface area contributed by atoms with E-state index in [4.69, 9.17) is 0 Å². The Morgan fingerprint density at radius 3 is 2.31 bits per heavy atom. The molecule has 1 aromatic heterocycles. The molecule has 0 spiro atoms. The molecule has 152 valence electrons. The lowest BCUT2D eigenvalue weighted by molar-refractivity contribution is 0.0949. The smallest absolute Gasteiger partial charge is 0.255 e. The molecule has 2 aromatic carbocycles. The summed E-state index contributed by atoms with van der Waals surface area (Å²) in [6.45, 7) is 3.72. The first kappa shape index (κ1) is 20.8. The molecule has 3 aromatic rings. The van der Waals surface area contributed by atoms with Crippen molar-refractivity contribution in [2.24, 2.45) is 0 Å². The lowest BCUT2D eigenvalue weighted by Gasteiger charge is -2.15. The summed E-state index contributed by atoms with van der Waals surface area (Å²) < 4.78 is 28.0. The van der Waals surface area contributed by atoms with Gasteiger partial charge >= 0.3 is 0 Å². The van der Waals surface area contributed by atoms with E-state index in [2.05, 4.69) is 10.4 Å². The van der Waals surface area contributed by atoms with Gasteiger partial charge in [0.2, 0.25) is 10.0 Å². The third-order valence-corrected chi connectivity index (χ3v) is 6.61. The standard InChI is InChI=1S/C21H24N4O3S/c1-15-20(16(2)25(23-15)18-11-6-5-7-12-18)21(26)22-14-17-10-8-9-13-19(17)29(27,28)24(3)4/h5-13H,14H2,1-4H3,(H,22,26). The zero-order chi connectivity index (χ0) is 21.2. The van der Waals surface area contributed by atoms with Crippen LogP contribution in [0.3, 0.4) is 0 Å². The van der Waals surface area contributed by atoms with E-state index in [0.717, 1.165) is 15.7 Å². The van der Waals surface area contributed by atoms with Crippen LogP contribution in [0.5, 0.6) is 0 Å². The SMILES string of the molecule is Cc1nn(-c2ccccc2)c(C)c1C(=O)NCc1ccccc1S(=O)(=O)N(C)C. The van der Waals surface area contributed by atoms with Crippen molar-refractivity contribution in [1.29, 1.82) is 0 Å². The number of carbonyl (C=O) groups is 1. The summed E-state index contributed by atoms with van der Waals surface area (Å²) in [5.41, 5.74) is 3.22. The van der Waals surface area contributed by atoms with Gasteiger partial charge in [-0.25, -0.2) is 17.4 Å². The van der Waals surface area contributed by atoms with Crippen LogP contribution in [0.15, 0.2) is 59.5 Å². The van der Waals surface area contributed by atoms with E-state index in [1.165, 1.54) is 14.1 Å². The van der Waals surface area contributed by atoms with Gasteiger partial charge in [-0.15, -0.1) is 0 Å². The van der Waals surface area contributed by atoms with Crippen LogP contribution in [0, 0.1) is 13.8 Å². The number of amides is 1. The number of carbonyl (C=O) groups excluding carboxylic acids is 1. The summed E-state index contributed by atoms with van der Waals surface area (Å²) in [5.74, 6) is -0.292. The molecule has 1 N–H and O–H groups in total. The van der Waals surface area contributed by atoms with E-state index in [9.17, 15) is 13.2 Å². The molecule has 0 aliphatic heterocycles. The Morgan fingerprint density at radius 1 is 1.03 bits per heavy atom. The van der Waals surface area contributed by atoms with Crippen molar-refractivity contribution in [3.63, 3.8) is 0 Å². The van der Waals surface area contributed by atoms with Gasteiger partial charge in [-0.3, -0.25) is 4.79 Å². The molecule has 0 aliphatic rings. The van der Waals surface area contributed by atoms with Crippen molar-refractivity contribution in [2.45, 2.75) is 25.3 Å². The van der Waals surface area contributed by atoms with E-state index in [1.54, 1.807) is 35.9 Å². The normalized spacial score (nSPS) is 11.6. The largest absolute Gasteiger partial charge is 0.348 e. The van der Waals surface area contributed by atoms with Gasteiger partial charge < -0.3 is 5.32 Å². The minimum absolute atomic E-state index is 0.0947. The van der Waals surface area contributed by atoms with E-state index in [0.29, 0.717) is 16.8 Å². The molecule has 8 heteroatoms. The number of nitrogens with one attached hydrogen (secondary N) is 1. The molecule has 0 saturated heterocycles. The van der Waals surface area contributed by atoms with Crippen LogP contribution in [0.1, 0.15) is 27.3 Å². The minimum atomic E-state index is -3.60. The summed E-state index contributed by atoms with van der Waals surface area (Å²) in [6, 6.07) is 16.2. The Bertz CT molecular complexity index is 1140. The topological polar surface area (TPSA) is 84.3 Å². The predicted octanol–water partition coefficient (Wildman–Crippen LogP) is 2.67. The number of sulfonamides is 1. The molecule has 1 heterocycles. The molecule has 0 bridgehead atoms. The number of rotatable bonds is 6. The Hall–Kier alpha value is -2.97. The van der Waals surface area contributed by atoms with Crippen LogP contribution < -0.4 is 5.32 Å². The highest BCUT2D eigenvalue weighted by Gasteiger charge is 2.23. The van der Waals surface area contributed by atoms with Crippen molar-refractivity contribution >= 4 is 15.9 Å². The number of para-hydroxylation sites is 1. The molecule has 29 heavy (non-hydrogen) atoms. The van der Waals surface area contributed by atoms with Crippen LogP contribution in [-0.2, 0) is 16.6 Å². The van der Waals surface area contributed by atoms with E-state index >= 15 is 0 Å². The molecule has 0 radical (unpaired) electrons. The van der Waals surface area contributed by atoms with E-state index < -0.39 is 10.0 Å². The van der Waals surface area contributed by atoms with Gasteiger partial charge in [-0.05, 0) is 37.6 Å². The number of hydrogen-bond acceptors (Lipinski definition) is 4. The Kier molecular flexibility index (Phi) is 5.86. The highest BCUT2D eigenvalue weighted by molar-refractivity contribution is 7.89. The van der Waals surface area contributed by atoms with Gasteiger partial charge in [-0.2, -0.15) is 5.10 Å². The maximum absolute atomic E-state index is 12.9. The second kappa shape index (κ2) is 8.18. The highest BCUT2D eigenvalue weighted by atomic mass is 32.2. The van der Waals surface area contributed by atoms with Gasteiger partial charge in [0.15, 0.2) is 0 Å². The average Bonchev–Trinajstić information content (AvgIpc) is 3.01. The summed E-state index contributed by atoms with van der Waals surface area (Å²) in [4.78, 5) is 13.1. The third kappa shape index (κ3) is 4.08. The molecular formula is C21H24N4O3S. The molecule has 0 aliphatic carbocycles. The van der Waals surface area contributed by atoms with Crippen molar-refractivity contribution in [2.75, 3.05) is 14.1 Å². The molecule has 0 saturated carbocycles. The Morgan fingerprint density at radius 2 is 1.66 bits per heavy atom. The highest BCUT2D eigenvalue weighted by Crippen LogP contribution is 2.20. The van der Waals surface area contributed by atoms with Crippen LogP contribution >= 0.6 is 0 Å². The van der Waals surface area contributed by atoms with Crippen LogP contribution in [0.25, 0.3) is 5.69 Å². The Balaban J connectivity index is 1.86. The van der Waals surface area contributed by atoms with Crippen molar-refractivity contribution in [1.82, 2.24) is 19.4 Å². The summed E-state index contributed by atoms with van der Waals surface area (Å²) in [5, 5.41) is 7.33. The first-order valence-electron chi connectivity index (χ1n) is 9.13. The number of nitrogens with zero attached hydrogens (tertiary/aromatic N) is 3. The first-order valence-corrected chi connectivity index (χ1v) is 10.6. The first-order chi connectivity index (χ1) is 13.7. The van der Waals surface area contributed by atoms with Crippen LogP contribution in [0.2, 0.25) is 0 Å². The number of aryl methyl sites for hydroxylation is 1. The van der Waals surface area contributed by atoms with Crippen LogP contribution in [0.4, 0.5) is 0 Å². The third-order valence-electron chi connectivity index (χ3n) is 4.69. The molecule has 0 unspecified atom stereocenters. The molecular weight excluding hydrogens is 388 g/mol. The van der Waals surface area contributed by atoms with Crippen molar-refractivity contribution in [3.05, 3.63) is 77.1 Å². The van der Waals surface area contributed by atoms with E-state index in [-0.39, 0.29) is 17.3 Å². The second-order valence-electron chi connectivity index (χ2n) is 6.87. The molecule has 3 rings (SSSR count). The number of hydrogen-bond donors (Lipinski definition) is 1. The van der Waals surface area contributed by atoms with E-state index in [1.807, 2.05) is 37.3 Å². The summed E-state index contributed by atoms with van der Waals surface area (Å²) in [7, 11) is -0.640. The van der Waals surface area contributed by atoms with Crippen molar-refractivity contribution < 1.29 is 13.2 Å². The molecule has 0 fully saturated rings. The lowest BCUT2D eigenvalue weighted by Crippen LogP contribution is -2.27. The Labute approximate surface area is 171 Å². The average molecular weight is 413 g/mol. The molecule has 1 amide bonds. The van der Waals surface area contributed by atoms with Gasteiger partial charge in [0.25, 0.3) is 5.91 Å². The monoisotopic (exact) mass is 412 g/mol. The molecule has 7 nitrogen and oxygen atoms in total. The second-order valence-corrected chi connectivity index (χ2v) is 8.99. The zero-order valence-electron chi connectivity index (χ0n) is 16.9. The quantitative estimate of drug-likeness (QED) is 0.675. The lowest BCUT2D eigenvalue weighted by atomic mass is 10.1. The number of benzene rings is 2. The predicted molar refractivity (Wildman–Crippen MR) is 112 cm³/mol. The zero-order valence-corrected chi connectivity index (χ0v) is 17.7. The van der Waals surface area contributed by atoms with Crippen LogP contribution in [-0.4, -0.2) is 42.5 Å². The maximum atomic E-state index is 12.9. The van der Waals surface area contributed by atoms with Gasteiger partial charge in [0.05, 0.1) is 27.5 Å². The van der Waals surface area contributed by atoms with Gasteiger partial charge in [0, 0.05) is 20.6 Å². The summed E-state index contributed by atoms with van der Waals surface area (Å²) in [6.07, 6.45) is 0. The van der Waals surface area contributed by atoms with Gasteiger partial charge in [-0.1, -0.05) is 36.4 Å².